The lowest BCUT2D eigenvalue weighted by Crippen LogP contribution is -2.04. The summed E-state index contributed by atoms with van der Waals surface area (Å²) in [6.45, 7) is 13.1. The predicted octanol–water partition coefficient (Wildman–Crippen LogP) is 5.99. The van der Waals surface area contributed by atoms with Crippen molar-refractivity contribution in [2.24, 2.45) is 16.6 Å². The third-order valence-corrected chi connectivity index (χ3v) is 4.46. The lowest BCUT2D eigenvalue weighted by molar-refractivity contribution is 0.521. The Balaban J connectivity index is 2.69. The zero-order valence-corrected chi connectivity index (χ0v) is 16.4. The van der Waals surface area contributed by atoms with E-state index in [0.717, 1.165) is 30.5 Å². The molecular formula is C23H34N2. The first-order chi connectivity index (χ1) is 12.0. The van der Waals surface area contributed by atoms with E-state index in [0.29, 0.717) is 12.5 Å². The molecule has 0 bridgehead atoms. The van der Waals surface area contributed by atoms with Crippen molar-refractivity contribution in [3.63, 3.8) is 0 Å². The summed E-state index contributed by atoms with van der Waals surface area (Å²) in [6, 6.07) is 8.50. The molecule has 0 spiro atoms. The van der Waals surface area contributed by atoms with E-state index in [-0.39, 0.29) is 0 Å². The summed E-state index contributed by atoms with van der Waals surface area (Å²) in [5.41, 5.74) is 11.8. The Morgan fingerprint density at radius 3 is 2.52 bits per heavy atom. The van der Waals surface area contributed by atoms with Gasteiger partial charge in [0.15, 0.2) is 0 Å². The van der Waals surface area contributed by atoms with Crippen LogP contribution in [0.3, 0.4) is 0 Å². The van der Waals surface area contributed by atoms with Crippen LogP contribution in [0.25, 0.3) is 0 Å². The van der Waals surface area contributed by atoms with Crippen molar-refractivity contribution in [2.75, 3.05) is 0 Å². The van der Waals surface area contributed by atoms with Gasteiger partial charge in [0.2, 0.25) is 0 Å². The molecule has 136 valence electrons. The molecule has 1 aromatic rings. The molecule has 0 saturated carbocycles. The highest BCUT2D eigenvalue weighted by Crippen LogP contribution is 2.21. The number of hydrogen-bond donors (Lipinski definition) is 1. The number of rotatable bonds is 10. The smallest absolute Gasteiger partial charge is 0.0649 e. The Hall–Kier alpha value is -1.93. The fourth-order valence-electron chi connectivity index (χ4n) is 2.85. The van der Waals surface area contributed by atoms with Crippen LogP contribution in [0.15, 0.2) is 65.3 Å². The zero-order valence-electron chi connectivity index (χ0n) is 16.4. The molecule has 2 nitrogen and oxygen atoms in total. The van der Waals surface area contributed by atoms with Crippen LogP contribution < -0.4 is 5.73 Å². The van der Waals surface area contributed by atoms with Crippen molar-refractivity contribution in [1.82, 2.24) is 0 Å². The average molecular weight is 339 g/mol. The molecule has 0 aliphatic rings. The summed E-state index contributed by atoms with van der Waals surface area (Å²) in [7, 11) is 0. The van der Waals surface area contributed by atoms with Gasteiger partial charge in [-0.25, -0.2) is 0 Å². The van der Waals surface area contributed by atoms with Crippen LogP contribution in [-0.2, 0) is 13.0 Å². The molecule has 0 aliphatic heterocycles. The molecular weight excluding hydrogens is 304 g/mol. The molecule has 1 unspecified atom stereocenters. The third-order valence-electron chi connectivity index (χ3n) is 4.46. The standard InChI is InChI=1S/C23H34N2/c1-6-10-23(18(3)4)25-17-20(7-2)15-19(5)13-14-21-11-8-9-12-22(21)16-24/h6,8-12,17,19H,3,7,13-16,24H2,1-2,4-5H3/b10-6+,20-17+,25-23+. The van der Waals surface area contributed by atoms with Crippen LogP contribution in [-0.4, -0.2) is 5.71 Å². The minimum atomic E-state index is 0.619. The number of nitrogens with two attached hydrogens (primary N) is 1. The Kier molecular flexibility index (Phi) is 9.79. The highest BCUT2D eigenvalue weighted by molar-refractivity contribution is 6.07. The minimum absolute atomic E-state index is 0.619. The van der Waals surface area contributed by atoms with E-state index in [1.165, 1.54) is 23.1 Å². The molecule has 0 fully saturated rings. The number of hydrogen-bond acceptors (Lipinski definition) is 2. The van der Waals surface area contributed by atoms with Crippen LogP contribution in [0.4, 0.5) is 0 Å². The number of benzene rings is 1. The van der Waals surface area contributed by atoms with Gasteiger partial charge in [0.1, 0.15) is 0 Å². The first kappa shape index (κ1) is 21.1. The van der Waals surface area contributed by atoms with Gasteiger partial charge in [0.25, 0.3) is 0 Å². The van der Waals surface area contributed by atoms with Gasteiger partial charge in [-0.05, 0) is 68.2 Å². The SMILES string of the molecule is C=C(C)C(/C=C/C)=N/C=C(\CC)CC(C)CCc1ccccc1CN. The van der Waals surface area contributed by atoms with Gasteiger partial charge in [-0.2, -0.15) is 0 Å². The molecule has 0 amide bonds. The van der Waals surface area contributed by atoms with Gasteiger partial charge < -0.3 is 5.73 Å². The summed E-state index contributed by atoms with van der Waals surface area (Å²) in [5.74, 6) is 0.627. The monoisotopic (exact) mass is 338 g/mol. The second-order valence-electron chi connectivity index (χ2n) is 6.76. The second-order valence-corrected chi connectivity index (χ2v) is 6.76. The van der Waals surface area contributed by atoms with Gasteiger partial charge in [-0.15, -0.1) is 0 Å². The zero-order chi connectivity index (χ0) is 18.7. The third kappa shape index (κ3) is 7.66. The summed E-state index contributed by atoms with van der Waals surface area (Å²) >= 11 is 0. The highest BCUT2D eigenvalue weighted by atomic mass is 14.7. The van der Waals surface area contributed by atoms with Gasteiger partial charge in [-0.3, -0.25) is 4.99 Å². The number of nitrogens with zero attached hydrogens (tertiary/aromatic N) is 1. The summed E-state index contributed by atoms with van der Waals surface area (Å²) in [5, 5.41) is 0. The van der Waals surface area contributed by atoms with Crippen molar-refractivity contribution in [2.45, 2.75) is 59.9 Å². The summed E-state index contributed by atoms with van der Waals surface area (Å²) in [6.07, 6.45) is 10.4. The molecule has 0 heterocycles. The fourth-order valence-corrected chi connectivity index (χ4v) is 2.85. The van der Waals surface area contributed by atoms with Crippen molar-refractivity contribution >= 4 is 5.71 Å². The van der Waals surface area contributed by atoms with Crippen molar-refractivity contribution < 1.29 is 0 Å². The van der Waals surface area contributed by atoms with Crippen molar-refractivity contribution in [3.05, 3.63) is 71.5 Å². The van der Waals surface area contributed by atoms with E-state index in [2.05, 4.69) is 49.7 Å². The van der Waals surface area contributed by atoms with E-state index >= 15 is 0 Å². The first-order valence-corrected chi connectivity index (χ1v) is 9.32. The molecule has 1 aromatic carbocycles. The van der Waals surface area contributed by atoms with E-state index in [9.17, 15) is 0 Å². The van der Waals surface area contributed by atoms with Crippen LogP contribution in [0, 0.1) is 5.92 Å². The molecule has 2 heteroatoms. The van der Waals surface area contributed by atoms with Crippen molar-refractivity contribution in [1.29, 1.82) is 0 Å². The quantitative estimate of drug-likeness (QED) is 0.523. The lowest BCUT2D eigenvalue weighted by Gasteiger charge is -2.14. The van der Waals surface area contributed by atoms with Crippen LogP contribution in [0.1, 0.15) is 58.1 Å². The molecule has 2 N–H and O–H groups in total. The minimum Gasteiger partial charge on any atom is -0.326 e. The molecule has 0 radical (unpaired) electrons. The molecule has 0 aliphatic carbocycles. The van der Waals surface area contributed by atoms with Gasteiger partial charge >= 0.3 is 0 Å². The maximum atomic E-state index is 5.84. The maximum Gasteiger partial charge on any atom is 0.0649 e. The van der Waals surface area contributed by atoms with Gasteiger partial charge in [0.05, 0.1) is 5.71 Å². The van der Waals surface area contributed by atoms with Crippen LogP contribution >= 0.6 is 0 Å². The molecule has 1 rings (SSSR count). The van der Waals surface area contributed by atoms with Crippen LogP contribution in [0.2, 0.25) is 0 Å². The van der Waals surface area contributed by atoms with Crippen molar-refractivity contribution in [3.8, 4) is 0 Å². The fraction of sp³-hybridized carbons (Fsp3) is 0.435. The predicted molar refractivity (Wildman–Crippen MR) is 112 cm³/mol. The normalized spacial score (nSPS) is 14.1. The number of aryl methyl sites for hydroxylation is 1. The van der Waals surface area contributed by atoms with Gasteiger partial charge in [0, 0.05) is 12.7 Å². The number of allylic oxidation sites excluding steroid dienone is 4. The van der Waals surface area contributed by atoms with E-state index in [1.807, 2.05) is 32.2 Å². The molecule has 0 saturated heterocycles. The first-order valence-electron chi connectivity index (χ1n) is 9.32. The molecule has 1 atom stereocenters. The average Bonchev–Trinajstić information content (AvgIpc) is 2.62. The Bertz CT molecular complexity index is 635. The van der Waals surface area contributed by atoms with Crippen LogP contribution in [0.5, 0.6) is 0 Å². The summed E-state index contributed by atoms with van der Waals surface area (Å²) < 4.78 is 0. The highest BCUT2D eigenvalue weighted by Gasteiger charge is 2.07. The topological polar surface area (TPSA) is 38.4 Å². The van der Waals surface area contributed by atoms with E-state index < -0.39 is 0 Å². The van der Waals surface area contributed by atoms with Gasteiger partial charge in [-0.1, -0.05) is 56.3 Å². The second kappa shape index (κ2) is 11.6. The summed E-state index contributed by atoms with van der Waals surface area (Å²) in [4.78, 5) is 4.63. The molecule has 0 aromatic heterocycles. The maximum absolute atomic E-state index is 5.84. The van der Waals surface area contributed by atoms with E-state index in [4.69, 9.17) is 5.73 Å². The van der Waals surface area contributed by atoms with E-state index in [1.54, 1.807) is 0 Å². The molecule has 25 heavy (non-hydrogen) atoms. The Labute approximate surface area is 154 Å². The largest absolute Gasteiger partial charge is 0.326 e. The number of aliphatic imine (C=N–C) groups is 1. The Morgan fingerprint density at radius 2 is 1.96 bits per heavy atom. The lowest BCUT2D eigenvalue weighted by atomic mass is 9.92. The Morgan fingerprint density at radius 1 is 1.28 bits per heavy atom.